The van der Waals surface area contributed by atoms with Gasteiger partial charge < -0.3 is 5.32 Å². The molecule has 0 unspecified atom stereocenters. The van der Waals surface area contributed by atoms with E-state index >= 15 is 0 Å². The highest BCUT2D eigenvalue weighted by Crippen LogP contribution is 2.34. The fraction of sp³-hybridized carbons (Fsp3) is 0.111. The van der Waals surface area contributed by atoms with E-state index in [4.69, 9.17) is 16.7 Å². The Labute approximate surface area is 174 Å². The highest BCUT2D eigenvalue weighted by molar-refractivity contribution is 7.89. The maximum atomic E-state index is 13.7. The minimum absolute atomic E-state index is 0.00103. The standard InChI is InChI=1S/C18H14ClF3N4O3S/c1-10-14(3-2-4-15(10)30(23,28)29)25-17(27)13-9-24-26(16(13)18(20,21)22)12-7-5-11(19)6-8-12/h2-9H,1H3,(H,25,27)(H2,23,28,29). The molecule has 12 heteroatoms. The fourth-order valence-corrected chi connectivity index (χ4v) is 3.74. The van der Waals surface area contributed by atoms with E-state index in [2.05, 4.69) is 10.4 Å². The molecule has 1 heterocycles. The Balaban J connectivity index is 2.05. The summed E-state index contributed by atoms with van der Waals surface area (Å²) in [4.78, 5) is 12.4. The predicted octanol–water partition coefficient (Wildman–Crippen LogP) is 3.75. The van der Waals surface area contributed by atoms with E-state index in [1.165, 1.54) is 49.4 Å². The number of anilines is 1. The molecule has 0 aliphatic carbocycles. The van der Waals surface area contributed by atoms with Gasteiger partial charge in [-0.15, -0.1) is 0 Å². The molecule has 2 aromatic carbocycles. The Morgan fingerprint density at radius 2 is 1.80 bits per heavy atom. The van der Waals surface area contributed by atoms with E-state index in [0.717, 1.165) is 6.20 Å². The number of halogens is 4. The van der Waals surface area contributed by atoms with E-state index in [-0.39, 0.29) is 21.8 Å². The molecule has 158 valence electrons. The molecule has 1 aromatic heterocycles. The number of rotatable bonds is 4. The molecule has 0 bridgehead atoms. The number of hydrogen-bond donors (Lipinski definition) is 2. The van der Waals surface area contributed by atoms with E-state index in [1.54, 1.807) is 0 Å². The van der Waals surface area contributed by atoms with Gasteiger partial charge in [0.1, 0.15) is 0 Å². The van der Waals surface area contributed by atoms with Crippen LogP contribution in [0.1, 0.15) is 21.6 Å². The van der Waals surface area contributed by atoms with Gasteiger partial charge in [0.15, 0.2) is 5.69 Å². The SMILES string of the molecule is Cc1c(NC(=O)c2cnn(-c3ccc(Cl)cc3)c2C(F)(F)F)cccc1S(N)(=O)=O. The monoisotopic (exact) mass is 458 g/mol. The maximum Gasteiger partial charge on any atom is 0.434 e. The minimum Gasteiger partial charge on any atom is -0.322 e. The first kappa shape index (κ1) is 21.8. The van der Waals surface area contributed by atoms with Crippen LogP contribution >= 0.6 is 11.6 Å². The van der Waals surface area contributed by atoms with Crippen molar-refractivity contribution in [3.05, 3.63) is 70.5 Å². The first-order chi connectivity index (χ1) is 13.9. The van der Waals surface area contributed by atoms with Gasteiger partial charge >= 0.3 is 6.18 Å². The molecule has 3 aromatic rings. The molecule has 3 N–H and O–H groups in total. The average Bonchev–Trinajstić information content (AvgIpc) is 3.09. The quantitative estimate of drug-likeness (QED) is 0.620. The largest absolute Gasteiger partial charge is 0.434 e. The number of sulfonamides is 1. The molecule has 0 saturated carbocycles. The summed E-state index contributed by atoms with van der Waals surface area (Å²) in [7, 11) is -4.08. The predicted molar refractivity (Wildman–Crippen MR) is 104 cm³/mol. The Bertz CT molecular complexity index is 1220. The van der Waals surface area contributed by atoms with Gasteiger partial charge in [0.05, 0.1) is 22.3 Å². The van der Waals surface area contributed by atoms with Crippen LogP contribution in [0.4, 0.5) is 18.9 Å². The van der Waals surface area contributed by atoms with Crippen molar-refractivity contribution >= 4 is 33.2 Å². The van der Waals surface area contributed by atoms with Crippen LogP contribution in [0.2, 0.25) is 5.02 Å². The highest BCUT2D eigenvalue weighted by atomic mass is 35.5. The second-order valence-electron chi connectivity index (χ2n) is 6.22. The molecule has 1 amide bonds. The summed E-state index contributed by atoms with van der Waals surface area (Å²) in [6.45, 7) is 1.37. The zero-order valence-corrected chi connectivity index (χ0v) is 16.8. The lowest BCUT2D eigenvalue weighted by Crippen LogP contribution is -2.21. The zero-order chi connectivity index (χ0) is 22.3. The van der Waals surface area contributed by atoms with E-state index in [0.29, 0.717) is 9.70 Å². The second-order valence-corrected chi connectivity index (χ2v) is 8.19. The molecule has 0 atom stereocenters. The van der Waals surface area contributed by atoms with Gasteiger partial charge in [0.25, 0.3) is 5.91 Å². The minimum atomic E-state index is -4.90. The third-order valence-corrected chi connectivity index (χ3v) is 5.50. The van der Waals surface area contributed by atoms with Crippen LogP contribution in [0.3, 0.4) is 0 Å². The van der Waals surface area contributed by atoms with Crippen LogP contribution in [0, 0.1) is 6.92 Å². The summed E-state index contributed by atoms with van der Waals surface area (Å²) in [6.07, 6.45) is -4.12. The van der Waals surface area contributed by atoms with Gasteiger partial charge in [0, 0.05) is 10.7 Å². The smallest absolute Gasteiger partial charge is 0.322 e. The second kappa shape index (κ2) is 7.74. The Kier molecular flexibility index (Phi) is 5.63. The number of benzene rings is 2. The molecule has 0 fully saturated rings. The highest BCUT2D eigenvalue weighted by Gasteiger charge is 2.40. The lowest BCUT2D eigenvalue weighted by Gasteiger charge is -2.14. The lowest BCUT2D eigenvalue weighted by atomic mass is 10.1. The van der Waals surface area contributed by atoms with E-state index in [1.807, 2.05) is 0 Å². The molecule has 0 radical (unpaired) electrons. The van der Waals surface area contributed by atoms with Crippen molar-refractivity contribution in [3.8, 4) is 5.69 Å². The number of aromatic nitrogens is 2. The number of hydrogen-bond acceptors (Lipinski definition) is 4. The summed E-state index contributed by atoms with van der Waals surface area (Å²) in [5.41, 5.74) is -1.88. The molecular formula is C18H14ClF3N4O3S. The van der Waals surface area contributed by atoms with Crippen LogP contribution in [-0.2, 0) is 16.2 Å². The average molecular weight is 459 g/mol. The third-order valence-electron chi connectivity index (χ3n) is 4.19. The molecule has 7 nitrogen and oxygen atoms in total. The first-order valence-corrected chi connectivity index (χ1v) is 10.2. The van der Waals surface area contributed by atoms with Gasteiger partial charge in [-0.2, -0.15) is 18.3 Å². The van der Waals surface area contributed by atoms with Crippen LogP contribution in [0.5, 0.6) is 0 Å². The molecule has 30 heavy (non-hydrogen) atoms. The number of nitrogens with zero attached hydrogens (tertiary/aromatic N) is 2. The van der Waals surface area contributed by atoms with Gasteiger partial charge in [-0.1, -0.05) is 17.7 Å². The van der Waals surface area contributed by atoms with Crippen molar-refractivity contribution in [1.29, 1.82) is 0 Å². The Morgan fingerprint density at radius 3 is 2.37 bits per heavy atom. The van der Waals surface area contributed by atoms with Crippen molar-refractivity contribution < 1.29 is 26.4 Å². The topological polar surface area (TPSA) is 107 Å². The normalized spacial score (nSPS) is 12.1. The number of carbonyl (C=O) groups excluding carboxylic acids is 1. The number of carbonyl (C=O) groups is 1. The van der Waals surface area contributed by atoms with Crippen molar-refractivity contribution in [2.75, 3.05) is 5.32 Å². The summed E-state index contributed by atoms with van der Waals surface area (Å²) >= 11 is 5.77. The van der Waals surface area contributed by atoms with E-state index < -0.39 is 33.4 Å². The van der Waals surface area contributed by atoms with Gasteiger partial charge in [-0.3, -0.25) is 4.79 Å². The van der Waals surface area contributed by atoms with Gasteiger partial charge in [-0.25, -0.2) is 18.2 Å². The number of alkyl halides is 3. The molecule has 0 aliphatic rings. The number of amides is 1. The fourth-order valence-electron chi connectivity index (χ4n) is 2.81. The van der Waals surface area contributed by atoms with Gasteiger partial charge in [-0.05, 0) is 48.9 Å². The number of primary sulfonamides is 1. The van der Waals surface area contributed by atoms with Gasteiger partial charge in [0.2, 0.25) is 10.0 Å². The van der Waals surface area contributed by atoms with Crippen LogP contribution in [-0.4, -0.2) is 24.1 Å². The molecule has 0 saturated heterocycles. The Morgan fingerprint density at radius 1 is 1.17 bits per heavy atom. The van der Waals surface area contributed by atoms with Crippen LogP contribution in [0.15, 0.2) is 53.6 Å². The third kappa shape index (κ3) is 4.32. The van der Waals surface area contributed by atoms with Crippen molar-refractivity contribution in [3.63, 3.8) is 0 Å². The molecule has 3 rings (SSSR count). The van der Waals surface area contributed by atoms with Crippen molar-refractivity contribution in [2.45, 2.75) is 18.0 Å². The van der Waals surface area contributed by atoms with Crippen LogP contribution < -0.4 is 10.5 Å². The van der Waals surface area contributed by atoms with Crippen molar-refractivity contribution in [2.24, 2.45) is 5.14 Å². The van der Waals surface area contributed by atoms with E-state index in [9.17, 15) is 26.4 Å². The number of nitrogens with one attached hydrogen (secondary N) is 1. The molecule has 0 aliphatic heterocycles. The number of nitrogens with two attached hydrogens (primary N) is 1. The summed E-state index contributed by atoms with van der Waals surface area (Å²) in [5.74, 6) is -1.11. The first-order valence-electron chi connectivity index (χ1n) is 8.24. The maximum absolute atomic E-state index is 13.7. The molecular weight excluding hydrogens is 445 g/mol. The van der Waals surface area contributed by atoms with Crippen molar-refractivity contribution in [1.82, 2.24) is 9.78 Å². The summed E-state index contributed by atoms with van der Waals surface area (Å²) < 4.78 is 65.1. The Hall–Kier alpha value is -2.89. The van der Waals surface area contributed by atoms with Crippen LogP contribution in [0.25, 0.3) is 5.69 Å². The molecule has 0 spiro atoms. The zero-order valence-electron chi connectivity index (χ0n) is 15.2. The summed E-state index contributed by atoms with van der Waals surface area (Å²) in [5, 5.41) is 11.4. The lowest BCUT2D eigenvalue weighted by molar-refractivity contribution is -0.143. The summed E-state index contributed by atoms with van der Waals surface area (Å²) in [6, 6.07) is 9.31.